The van der Waals surface area contributed by atoms with E-state index in [1.807, 2.05) is 0 Å². The van der Waals surface area contributed by atoms with Crippen LogP contribution in [-0.2, 0) is 24.0 Å². The standard InChI is InChI=1S/C10H16N2O8.C3H7NO/c13-7(14)3-11(4-8(15)16)1-2-12(5-9(17)18)6-10(19)20;1-4(2)3-5/h1-6H2,(H,13,14)(H,15,16)(H,17,18)(H,19,20);3H,1-2H3. The van der Waals surface area contributed by atoms with Gasteiger partial charge in [0, 0.05) is 27.2 Å². The third kappa shape index (κ3) is 19.2. The molecule has 0 aromatic heterocycles. The molecule has 0 rings (SSSR count). The molecule has 0 spiro atoms. The van der Waals surface area contributed by atoms with E-state index in [0.717, 1.165) is 16.2 Å². The Bertz CT molecular complexity index is 400. The number of hydrogen-bond acceptors (Lipinski definition) is 7. The molecule has 4 N–H and O–H groups in total. The molecule has 12 nitrogen and oxygen atoms in total. The molecule has 0 saturated carbocycles. The van der Waals surface area contributed by atoms with Crippen LogP contribution in [-0.4, -0.2) is 119 Å². The third-order valence-electron chi connectivity index (χ3n) is 2.38. The van der Waals surface area contributed by atoms with E-state index in [9.17, 15) is 24.0 Å². The lowest BCUT2D eigenvalue weighted by Gasteiger charge is -2.23. The molecule has 0 heterocycles. The summed E-state index contributed by atoms with van der Waals surface area (Å²) in [6.45, 7) is -2.25. The molecular formula is C13H23N3O9. The Morgan fingerprint density at radius 3 is 1.00 bits per heavy atom. The molecule has 0 bridgehead atoms. The zero-order valence-electron chi connectivity index (χ0n) is 14.0. The zero-order valence-corrected chi connectivity index (χ0v) is 14.0. The molecule has 0 radical (unpaired) electrons. The van der Waals surface area contributed by atoms with Crippen molar-refractivity contribution in [3.63, 3.8) is 0 Å². The number of carboxylic acids is 4. The van der Waals surface area contributed by atoms with Crippen molar-refractivity contribution in [3.05, 3.63) is 0 Å². The van der Waals surface area contributed by atoms with E-state index < -0.39 is 50.1 Å². The quantitative estimate of drug-likeness (QED) is 0.272. The number of rotatable bonds is 12. The largest absolute Gasteiger partial charge is 0.480 e. The summed E-state index contributed by atoms with van der Waals surface area (Å²) >= 11 is 0. The van der Waals surface area contributed by atoms with Gasteiger partial charge in [-0.15, -0.1) is 0 Å². The normalized spacial score (nSPS) is 9.92. The van der Waals surface area contributed by atoms with Gasteiger partial charge in [-0.05, 0) is 0 Å². The van der Waals surface area contributed by atoms with E-state index in [-0.39, 0.29) is 13.1 Å². The van der Waals surface area contributed by atoms with Crippen molar-refractivity contribution in [1.29, 1.82) is 0 Å². The lowest BCUT2D eigenvalue weighted by molar-refractivity contribution is -0.145. The summed E-state index contributed by atoms with van der Waals surface area (Å²) in [5, 5.41) is 34.5. The summed E-state index contributed by atoms with van der Waals surface area (Å²) in [4.78, 5) is 55.2. The van der Waals surface area contributed by atoms with E-state index >= 15 is 0 Å². The summed E-state index contributed by atoms with van der Waals surface area (Å²) < 4.78 is 0. The van der Waals surface area contributed by atoms with Gasteiger partial charge in [0.05, 0.1) is 26.2 Å². The molecule has 0 saturated heterocycles. The monoisotopic (exact) mass is 365 g/mol. The SMILES string of the molecule is CN(C)C=O.O=C(O)CN(CCN(CC(=O)O)CC(=O)O)CC(=O)O. The molecule has 0 aliphatic rings. The maximum absolute atomic E-state index is 10.6. The van der Waals surface area contributed by atoms with Crippen LogP contribution in [0, 0.1) is 0 Å². The van der Waals surface area contributed by atoms with Crippen molar-refractivity contribution in [1.82, 2.24) is 14.7 Å². The van der Waals surface area contributed by atoms with Crippen molar-refractivity contribution in [2.75, 3.05) is 53.4 Å². The molecule has 0 atom stereocenters. The molecule has 0 aromatic rings. The lowest BCUT2D eigenvalue weighted by atomic mass is 10.4. The molecule has 0 aromatic carbocycles. The molecule has 0 unspecified atom stereocenters. The van der Waals surface area contributed by atoms with Gasteiger partial charge >= 0.3 is 23.9 Å². The Morgan fingerprint density at radius 2 is 0.880 bits per heavy atom. The van der Waals surface area contributed by atoms with Crippen LogP contribution >= 0.6 is 0 Å². The first-order valence-corrected chi connectivity index (χ1v) is 6.91. The van der Waals surface area contributed by atoms with E-state index in [1.54, 1.807) is 14.1 Å². The predicted molar refractivity (Wildman–Crippen MR) is 83.2 cm³/mol. The zero-order chi connectivity index (χ0) is 20.0. The fourth-order valence-electron chi connectivity index (χ4n) is 1.48. The number of amides is 1. The van der Waals surface area contributed by atoms with Crippen LogP contribution in [0.2, 0.25) is 0 Å². The van der Waals surface area contributed by atoms with Gasteiger partial charge in [-0.2, -0.15) is 0 Å². The number of carbonyl (C=O) groups excluding carboxylic acids is 1. The first-order chi connectivity index (χ1) is 11.5. The Kier molecular flexibility index (Phi) is 13.4. The minimum atomic E-state index is -1.23. The van der Waals surface area contributed by atoms with Crippen LogP contribution in [0.25, 0.3) is 0 Å². The van der Waals surface area contributed by atoms with Crippen LogP contribution in [0.3, 0.4) is 0 Å². The molecular weight excluding hydrogens is 342 g/mol. The maximum atomic E-state index is 10.6. The summed E-state index contributed by atoms with van der Waals surface area (Å²) in [6.07, 6.45) is 0.750. The molecule has 144 valence electrons. The fraction of sp³-hybridized carbons (Fsp3) is 0.615. The van der Waals surface area contributed by atoms with Gasteiger partial charge in [-0.25, -0.2) is 0 Å². The van der Waals surface area contributed by atoms with Crippen molar-refractivity contribution in [2.24, 2.45) is 0 Å². The smallest absolute Gasteiger partial charge is 0.317 e. The second-order valence-electron chi connectivity index (χ2n) is 5.07. The van der Waals surface area contributed by atoms with Crippen LogP contribution in [0.4, 0.5) is 0 Å². The van der Waals surface area contributed by atoms with Crippen molar-refractivity contribution >= 4 is 30.3 Å². The Balaban J connectivity index is 0. The minimum absolute atomic E-state index is 0.0703. The highest BCUT2D eigenvalue weighted by molar-refractivity contribution is 5.73. The molecule has 12 heteroatoms. The van der Waals surface area contributed by atoms with Crippen LogP contribution in [0.15, 0.2) is 0 Å². The number of nitrogens with zero attached hydrogens (tertiary/aromatic N) is 3. The van der Waals surface area contributed by atoms with Crippen molar-refractivity contribution < 1.29 is 44.4 Å². The Labute approximate surface area is 143 Å². The summed E-state index contributed by atoms with van der Waals surface area (Å²) in [6, 6.07) is 0. The van der Waals surface area contributed by atoms with E-state index in [4.69, 9.17) is 20.4 Å². The number of carbonyl (C=O) groups is 5. The van der Waals surface area contributed by atoms with Crippen LogP contribution in [0.5, 0.6) is 0 Å². The maximum Gasteiger partial charge on any atom is 0.317 e. The van der Waals surface area contributed by atoms with Crippen LogP contribution < -0.4 is 0 Å². The van der Waals surface area contributed by atoms with Crippen molar-refractivity contribution in [2.45, 2.75) is 0 Å². The highest BCUT2D eigenvalue weighted by Gasteiger charge is 2.17. The van der Waals surface area contributed by atoms with Gasteiger partial charge < -0.3 is 25.3 Å². The molecule has 0 fully saturated rings. The minimum Gasteiger partial charge on any atom is -0.480 e. The molecule has 0 aliphatic heterocycles. The summed E-state index contributed by atoms with van der Waals surface area (Å²) in [7, 11) is 3.38. The van der Waals surface area contributed by atoms with E-state index in [0.29, 0.717) is 0 Å². The third-order valence-corrected chi connectivity index (χ3v) is 2.38. The number of carboxylic acid groups (broad SMARTS) is 4. The predicted octanol–water partition coefficient (Wildman–Crippen LogP) is -2.37. The van der Waals surface area contributed by atoms with E-state index in [1.165, 1.54) is 4.90 Å². The Morgan fingerprint density at radius 1 is 0.680 bits per heavy atom. The summed E-state index contributed by atoms with van der Waals surface area (Å²) in [5.74, 6) is -4.91. The summed E-state index contributed by atoms with van der Waals surface area (Å²) in [5.41, 5.74) is 0. The van der Waals surface area contributed by atoms with Gasteiger partial charge in [-0.3, -0.25) is 33.8 Å². The molecule has 1 amide bonds. The van der Waals surface area contributed by atoms with Gasteiger partial charge in [0.2, 0.25) is 6.41 Å². The fourth-order valence-corrected chi connectivity index (χ4v) is 1.48. The van der Waals surface area contributed by atoms with Crippen molar-refractivity contribution in [3.8, 4) is 0 Å². The van der Waals surface area contributed by atoms with Crippen LogP contribution in [0.1, 0.15) is 0 Å². The molecule has 0 aliphatic carbocycles. The second kappa shape index (κ2) is 13.7. The second-order valence-corrected chi connectivity index (χ2v) is 5.07. The molecule has 25 heavy (non-hydrogen) atoms. The highest BCUT2D eigenvalue weighted by atomic mass is 16.4. The average molecular weight is 365 g/mol. The van der Waals surface area contributed by atoms with E-state index in [2.05, 4.69) is 0 Å². The van der Waals surface area contributed by atoms with Gasteiger partial charge in [0.25, 0.3) is 0 Å². The lowest BCUT2D eigenvalue weighted by Crippen LogP contribution is -2.43. The first kappa shape index (κ1) is 24.5. The first-order valence-electron chi connectivity index (χ1n) is 6.91. The number of aliphatic carboxylic acids is 4. The Hall–Kier alpha value is -2.73. The van der Waals surface area contributed by atoms with Gasteiger partial charge in [-0.1, -0.05) is 0 Å². The average Bonchev–Trinajstić information content (AvgIpc) is 2.42. The van der Waals surface area contributed by atoms with Gasteiger partial charge in [0.15, 0.2) is 0 Å². The van der Waals surface area contributed by atoms with Gasteiger partial charge in [0.1, 0.15) is 0 Å². The topological polar surface area (TPSA) is 176 Å². The number of hydrogen-bond donors (Lipinski definition) is 4. The highest BCUT2D eigenvalue weighted by Crippen LogP contribution is 1.94.